The minimum atomic E-state index is -0.229. The van der Waals surface area contributed by atoms with Crippen LogP contribution in [-0.4, -0.2) is 39.6 Å². The Morgan fingerprint density at radius 1 is 1.46 bits per heavy atom. The Bertz CT molecular complexity index is 788. The average molecular weight is 377 g/mol. The van der Waals surface area contributed by atoms with E-state index in [4.69, 9.17) is 0 Å². The minimum absolute atomic E-state index is 0.229. The van der Waals surface area contributed by atoms with Crippen molar-refractivity contribution >= 4 is 17.7 Å². The molecule has 8 heteroatoms. The zero-order chi connectivity index (χ0) is 18.5. The first-order valence-corrected chi connectivity index (χ1v) is 10.1. The van der Waals surface area contributed by atoms with Crippen LogP contribution in [0.5, 0.6) is 0 Å². The number of aliphatic imine (C=N–C) groups is 1. The normalized spacial score (nSPS) is 17.1. The molecule has 0 spiro atoms. The van der Waals surface area contributed by atoms with Gasteiger partial charge in [-0.3, -0.25) is 0 Å². The highest BCUT2D eigenvalue weighted by Gasteiger charge is 2.21. The summed E-state index contributed by atoms with van der Waals surface area (Å²) < 4.78 is 15.5. The van der Waals surface area contributed by atoms with E-state index in [-0.39, 0.29) is 11.9 Å². The van der Waals surface area contributed by atoms with Crippen molar-refractivity contribution in [3.63, 3.8) is 0 Å². The maximum atomic E-state index is 13.6. The summed E-state index contributed by atoms with van der Waals surface area (Å²) in [7, 11) is 0. The second-order valence-electron chi connectivity index (χ2n) is 6.29. The number of thioether (sulfide) groups is 1. The molecule has 2 aromatic rings. The topological polar surface area (TPSA) is 67.1 Å². The zero-order valence-corrected chi connectivity index (χ0v) is 16.2. The quantitative estimate of drug-likeness (QED) is 0.477. The van der Waals surface area contributed by atoms with Crippen molar-refractivity contribution in [2.75, 3.05) is 12.8 Å². The Kier molecular flexibility index (Phi) is 6.13. The van der Waals surface area contributed by atoms with E-state index in [1.165, 1.54) is 6.07 Å². The van der Waals surface area contributed by atoms with Crippen molar-refractivity contribution in [2.45, 2.75) is 50.7 Å². The lowest BCUT2D eigenvalue weighted by atomic mass is 10.1. The first-order chi connectivity index (χ1) is 12.6. The molecule has 1 unspecified atom stereocenters. The van der Waals surface area contributed by atoms with E-state index >= 15 is 0 Å². The van der Waals surface area contributed by atoms with Crippen molar-refractivity contribution in [3.8, 4) is 0 Å². The highest BCUT2D eigenvalue weighted by atomic mass is 32.2. The molecular formula is C18H25FN6S. The number of nitrogens with zero attached hydrogens (tertiary/aromatic N) is 4. The van der Waals surface area contributed by atoms with E-state index in [9.17, 15) is 4.39 Å². The predicted molar refractivity (Wildman–Crippen MR) is 103 cm³/mol. The van der Waals surface area contributed by atoms with Gasteiger partial charge in [-0.2, -0.15) is 5.10 Å². The van der Waals surface area contributed by atoms with Gasteiger partial charge in [-0.15, -0.1) is 11.8 Å². The molecule has 1 aromatic heterocycles. The molecule has 0 amide bonds. The van der Waals surface area contributed by atoms with Crippen molar-refractivity contribution in [2.24, 2.45) is 4.99 Å². The van der Waals surface area contributed by atoms with Crippen LogP contribution in [-0.2, 0) is 19.5 Å². The van der Waals surface area contributed by atoms with Crippen LogP contribution >= 0.6 is 11.8 Å². The first-order valence-electron chi connectivity index (χ1n) is 8.86. The molecule has 26 heavy (non-hydrogen) atoms. The molecule has 0 fully saturated rings. The second kappa shape index (κ2) is 8.53. The van der Waals surface area contributed by atoms with Crippen LogP contribution in [0.3, 0.4) is 0 Å². The van der Waals surface area contributed by atoms with Crippen LogP contribution in [0.4, 0.5) is 4.39 Å². The molecule has 2 heterocycles. The van der Waals surface area contributed by atoms with Gasteiger partial charge in [-0.05, 0) is 50.3 Å². The van der Waals surface area contributed by atoms with E-state index in [1.54, 1.807) is 23.9 Å². The van der Waals surface area contributed by atoms with E-state index in [0.717, 1.165) is 54.0 Å². The third kappa shape index (κ3) is 4.55. The Labute approximate surface area is 157 Å². The van der Waals surface area contributed by atoms with Gasteiger partial charge in [0, 0.05) is 23.9 Å². The van der Waals surface area contributed by atoms with Gasteiger partial charge in [-0.25, -0.2) is 19.0 Å². The van der Waals surface area contributed by atoms with Crippen LogP contribution in [0.1, 0.15) is 30.6 Å². The number of rotatable bonds is 5. The number of benzene rings is 1. The largest absolute Gasteiger partial charge is 0.357 e. The maximum Gasteiger partial charge on any atom is 0.191 e. The molecule has 0 saturated heterocycles. The van der Waals surface area contributed by atoms with Crippen molar-refractivity contribution in [1.29, 1.82) is 0 Å². The van der Waals surface area contributed by atoms with Crippen LogP contribution in [0, 0.1) is 12.7 Å². The van der Waals surface area contributed by atoms with Crippen LogP contribution in [0.15, 0.2) is 28.1 Å². The Hall–Kier alpha value is -2.09. The fourth-order valence-electron chi connectivity index (χ4n) is 3.10. The van der Waals surface area contributed by atoms with E-state index in [0.29, 0.717) is 6.54 Å². The number of halogens is 1. The summed E-state index contributed by atoms with van der Waals surface area (Å²) in [5, 5.41) is 11.2. The highest BCUT2D eigenvalue weighted by Crippen LogP contribution is 2.22. The lowest BCUT2D eigenvalue weighted by molar-refractivity contribution is 0.392. The van der Waals surface area contributed by atoms with Crippen LogP contribution < -0.4 is 10.6 Å². The zero-order valence-electron chi connectivity index (χ0n) is 15.4. The molecule has 6 nitrogen and oxygen atoms in total. The molecule has 2 N–H and O–H groups in total. The minimum Gasteiger partial charge on any atom is -0.357 e. The van der Waals surface area contributed by atoms with Crippen LogP contribution in [0.25, 0.3) is 0 Å². The molecule has 0 radical (unpaired) electrons. The molecule has 0 aliphatic carbocycles. The molecule has 0 bridgehead atoms. The summed E-state index contributed by atoms with van der Waals surface area (Å²) in [4.78, 5) is 10.2. The summed E-state index contributed by atoms with van der Waals surface area (Å²) in [6.45, 7) is 5.93. The number of hydrogen-bond donors (Lipinski definition) is 2. The molecule has 140 valence electrons. The maximum absolute atomic E-state index is 13.6. The van der Waals surface area contributed by atoms with E-state index in [1.807, 2.05) is 24.8 Å². The van der Waals surface area contributed by atoms with Crippen LogP contribution in [0.2, 0.25) is 0 Å². The number of fused-ring (bicyclic) bond motifs is 1. The lowest BCUT2D eigenvalue weighted by Crippen LogP contribution is -2.47. The fourth-order valence-corrected chi connectivity index (χ4v) is 3.69. The number of nitrogens with one attached hydrogen (secondary N) is 2. The fraction of sp³-hybridized carbons (Fsp3) is 0.500. The summed E-state index contributed by atoms with van der Waals surface area (Å²) >= 11 is 1.60. The summed E-state index contributed by atoms with van der Waals surface area (Å²) in [5.74, 6) is 2.38. The molecule has 1 aromatic carbocycles. The molecular weight excluding hydrogens is 351 g/mol. The standard InChI is InChI=1S/C18H25FN6S/c1-4-20-18(21-10-13-9-14(19)5-7-16(13)26-3)23-15-6-8-17-22-12(2)24-25(17)11-15/h5,7,9,15H,4,6,8,10-11H2,1-3H3,(H2,20,21,23). The summed E-state index contributed by atoms with van der Waals surface area (Å²) in [5.41, 5.74) is 0.896. The third-order valence-electron chi connectivity index (χ3n) is 4.30. The molecule has 3 rings (SSSR count). The monoisotopic (exact) mass is 376 g/mol. The van der Waals surface area contributed by atoms with Gasteiger partial charge in [0.15, 0.2) is 5.96 Å². The third-order valence-corrected chi connectivity index (χ3v) is 5.14. The van der Waals surface area contributed by atoms with Gasteiger partial charge in [0.2, 0.25) is 0 Å². The number of guanidine groups is 1. The summed E-state index contributed by atoms with van der Waals surface area (Å²) in [6.07, 6.45) is 3.88. The smallest absolute Gasteiger partial charge is 0.191 e. The van der Waals surface area contributed by atoms with E-state index in [2.05, 4.69) is 25.7 Å². The van der Waals surface area contributed by atoms with Gasteiger partial charge < -0.3 is 10.6 Å². The van der Waals surface area contributed by atoms with Gasteiger partial charge >= 0.3 is 0 Å². The first kappa shape index (κ1) is 18.7. The Balaban J connectivity index is 1.69. The SMILES string of the molecule is CCNC(=NCc1cc(F)ccc1SC)NC1CCc2nc(C)nn2C1. The lowest BCUT2D eigenvalue weighted by Gasteiger charge is -2.25. The number of aryl methyl sites for hydroxylation is 2. The molecule has 1 aliphatic heterocycles. The van der Waals surface area contributed by atoms with E-state index < -0.39 is 0 Å². The molecule has 1 aliphatic rings. The van der Waals surface area contributed by atoms with Crippen molar-refractivity contribution in [3.05, 3.63) is 41.2 Å². The second-order valence-corrected chi connectivity index (χ2v) is 7.14. The highest BCUT2D eigenvalue weighted by molar-refractivity contribution is 7.98. The van der Waals surface area contributed by atoms with Crippen molar-refractivity contribution in [1.82, 2.24) is 25.4 Å². The number of aromatic nitrogens is 3. The number of hydrogen-bond acceptors (Lipinski definition) is 4. The predicted octanol–water partition coefficient (Wildman–Crippen LogP) is 2.52. The van der Waals surface area contributed by atoms with Gasteiger partial charge in [0.05, 0.1) is 13.1 Å². The van der Waals surface area contributed by atoms with Crippen molar-refractivity contribution < 1.29 is 4.39 Å². The average Bonchev–Trinajstić information content (AvgIpc) is 2.99. The van der Waals surface area contributed by atoms with Gasteiger partial charge in [0.25, 0.3) is 0 Å². The Morgan fingerprint density at radius 2 is 2.31 bits per heavy atom. The Morgan fingerprint density at radius 3 is 3.08 bits per heavy atom. The molecule has 1 atom stereocenters. The van der Waals surface area contributed by atoms with Gasteiger partial charge in [0.1, 0.15) is 17.5 Å². The molecule has 0 saturated carbocycles. The van der Waals surface area contributed by atoms with Gasteiger partial charge in [-0.1, -0.05) is 0 Å². The summed E-state index contributed by atoms with van der Waals surface area (Å²) in [6, 6.07) is 5.10.